The maximum Gasteiger partial charge on any atom is 0.321 e. The van der Waals surface area contributed by atoms with Crippen molar-refractivity contribution in [3.8, 4) is 5.75 Å². The van der Waals surface area contributed by atoms with Crippen molar-refractivity contribution >= 4 is 17.7 Å². The summed E-state index contributed by atoms with van der Waals surface area (Å²) in [5.74, 6) is -0.213. The Hall–Kier alpha value is -2.24. The highest BCUT2D eigenvalue weighted by Crippen LogP contribution is 2.28. The fourth-order valence-corrected chi connectivity index (χ4v) is 2.80. The molecule has 21 heavy (non-hydrogen) atoms. The molecule has 2 amide bonds. The number of carboxylic acid groups (broad SMARTS) is 1. The second kappa shape index (κ2) is 5.63. The Morgan fingerprint density at radius 1 is 1.29 bits per heavy atom. The Labute approximate surface area is 122 Å². The van der Waals surface area contributed by atoms with Gasteiger partial charge in [-0.2, -0.15) is 0 Å². The number of urea groups is 1. The lowest BCUT2D eigenvalue weighted by Gasteiger charge is -2.30. The molecule has 0 aromatic heterocycles. The molecule has 6 nitrogen and oxygen atoms in total. The van der Waals surface area contributed by atoms with Crippen molar-refractivity contribution in [2.45, 2.75) is 19.3 Å². The van der Waals surface area contributed by atoms with Crippen LogP contribution in [0.3, 0.4) is 0 Å². The van der Waals surface area contributed by atoms with Gasteiger partial charge < -0.3 is 20.1 Å². The molecule has 0 aliphatic carbocycles. The molecule has 0 radical (unpaired) electrons. The van der Waals surface area contributed by atoms with E-state index in [4.69, 9.17) is 9.84 Å². The summed E-state index contributed by atoms with van der Waals surface area (Å²) in [6, 6.07) is 5.46. The summed E-state index contributed by atoms with van der Waals surface area (Å²) in [4.78, 5) is 24.7. The van der Waals surface area contributed by atoms with Crippen LogP contribution in [0, 0.1) is 5.92 Å². The summed E-state index contributed by atoms with van der Waals surface area (Å²) in [6.07, 6.45) is 1.89. The normalized spacial score (nSPS) is 18.0. The third kappa shape index (κ3) is 2.94. The molecule has 1 aromatic carbocycles. The number of hydrogen-bond donors (Lipinski definition) is 2. The van der Waals surface area contributed by atoms with Crippen LogP contribution in [0.2, 0.25) is 0 Å². The largest absolute Gasteiger partial charge is 0.493 e. The van der Waals surface area contributed by atoms with Crippen molar-refractivity contribution in [1.82, 2.24) is 4.90 Å². The van der Waals surface area contributed by atoms with Crippen LogP contribution in [0.25, 0.3) is 0 Å². The van der Waals surface area contributed by atoms with E-state index >= 15 is 0 Å². The number of piperidine rings is 1. The number of fused-ring (bicyclic) bond motifs is 1. The minimum atomic E-state index is -0.770. The van der Waals surface area contributed by atoms with Crippen molar-refractivity contribution in [2.24, 2.45) is 5.92 Å². The summed E-state index contributed by atoms with van der Waals surface area (Å²) in [7, 11) is 0. The van der Waals surface area contributed by atoms with Gasteiger partial charge in [-0.15, -0.1) is 0 Å². The Morgan fingerprint density at radius 2 is 2.05 bits per heavy atom. The number of rotatable bonds is 2. The molecule has 2 heterocycles. The molecule has 0 unspecified atom stereocenters. The number of carbonyl (C=O) groups excluding carboxylic acids is 1. The fraction of sp³-hybridized carbons (Fsp3) is 0.467. The predicted octanol–water partition coefficient (Wildman–Crippen LogP) is 1.95. The van der Waals surface area contributed by atoms with Crippen molar-refractivity contribution < 1.29 is 19.4 Å². The summed E-state index contributed by atoms with van der Waals surface area (Å²) < 4.78 is 5.43. The number of likely N-dealkylation sites (tertiary alicyclic amines) is 1. The van der Waals surface area contributed by atoms with Gasteiger partial charge in [0.2, 0.25) is 0 Å². The van der Waals surface area contributed by atoms with Crippen LogP contribution in [-0.4, -0.2) is 41.7 Å². The van der Waals surface area contributed by atoms with Crippen LogP contribution < -0.4 is 10.1 Å². The molecule has 1 fully saturated rings. The average Bonchev–Trinajstić information content (AvgIpc) is 2.95. The first kappa shape index (κ1) is 13.7. The number of nitrogens with one attached hydrogen (secondary N) is 1. The van der Waals surface area contributed by atoms with Crippen molar-refractivity contribution in [1.29, 1.82) is 0 Å². The van der Waals surface area contributed by atoms with Gasteiger partial charge in [-0.05, 0) is 36.6 Å². The van der Waals surface area contributed by atoms with Crippen LogP contribution in [0.1, 0.15) is 18.4 Å². The van der Waals surface area contributed by atoms with E-state index in [0.717, 1.165) is 23.4 Å². The van der Waals surface area contributed by atoms with E-state index in [-0.39, 0.29) is 11.9 Å². The second-order valence-electron chi connectivity index (χ2n) is 5.45. The molecule has 6 heteroatoms. The molecule has 112 valence electrons. The highest BCUT2D eigenvalue weighted by atomic mass is 16.5. The number of anilines is 1. The molecule has 2 aliphatic heterocycles. The number of aliphatic carboxylic acids is 1. The van der Waals surface area contributed by atoms with Crippen molar-refractivity contribution in [2.75, 3.05) is 25.0 Å². The van der Waals surface area contributed by atoms with Crippen molar-refractivity contribution in [3.63, 3.8) is 0 Å². The Morgan fingerprint density at radius 3 is 2.76 bits per heavy atom. The lowest BCUT2D eigenvalue weighted by atomic mass is 9.97. The van der Waals surface area contributed by atoms with Gasteiger partial charge in [-0.25, -0.2) is 4.79 Å². The van der Waals surface area contributed by atoms with Gasteiger partial charge >= 0.3 is 12.0 Å². The smallest absolute Gasteiger partial charge is 0.321 e. The van der Waals surface area contributed by atoms with Gasteiger partial charge in [-0.1, -0.05) is 0 Å². The molecule has 0 spiro atoms. The molecular formula is C15H18N2O4. The Kier molecular flexibility index (Phi) is 3.68. The molecule has 0 saturated carbocycles. The number of benzene rings is 1. The number of carbonyl (C=O) groups is 2. The molecule has 1 aromatic rings. The third-order valence-corrected chi connectivity index (χ3v) is 4.07. The van der Waals surface area contributed by atoms with E-state index in [1.165, 1.54) is 0 Å². The first-order valence-corrected chi connectivity index (χ1v) is 7.18. The van der Waals surface area contributed by atoms with Gasteiger partial charge in [0.25, 0.3) is 0 Å². The lowest BCUT2D eigenvalue weighted by Crippen LogP contribution is -2.42. The molecule has 2 aliphatic rings. The van der Waals surface area contributed by atoms with Gasteiger partial charge in [0.15, 0.2) is 0 Å². The zero-order chi connectivity index (χ0) is 14.8. The summed E-state index contributed by atoms with van der Waals surface area (Å²) in [5, 5.41) is 11.8. The van der Waals surface area contributed by atoms with E-state index < -0.39 is 5.97 Å². The predicted molar refractivity (Wildman–Crippen MR) is 76.6 cm³/mol. The molecule has 3 rings (SSSR count). The minimum Gasteiger partial charge on any atom is -0.493 e. The molecule has 0 atom stereocenters. The van der Waals surface area contributed by atoms with Gasteiger partial charge in [-0.3, -0.25) is 4.79 Å². The number of nitrogens with zero attached hydrogens (tertiary/aromatic N) is 1. The van der Waals surface area contributed by atoms with E-state index in [1.807, 2.05) is 18.2 Å². The second-order valence-corrected chi connectivity index (χ2v) is 5.45. The van der Waals surface area contributed by atoms with E-state index in [9.17, 15) is 9.59 Å². The fourth-order valence-electron chi connectivity index (χ4n) is 2.80. The standard InChI is InChI=1S/C15H18N2O4/c18-14(19)10-3-6-17(7-4-10)15(20)16-12-1-2-13-11(9-12)5-8-21-13/h1-2,9-10H,3-8H2,(H,16,20)(H,18,19). The van der Waals surface area contributed by atoms with Crippen LogP contribution in [-0.2, 0) is 11.2 Å². The maximum absolute atomic E-state index is 12.2. The Balaban J connectivity index is 1.58. The van der Waals surface area contributed by atoms with Crippen LogP contribution in [0.5, 0.6) is 5.75 Å². The number of carboxylic acids is 1. The van der Waals surface area contributed by atoms with E-state index in [2.05, 4.69) is 5.32 Å². The highest BCUT2D eigenvalue weighted by Gasteiger charge is 2.27. The number of ether oxygens (including phenoxy) is 1. The van der Waals surface area contributed by atoms with Crippen molar-refractivity contribution in [3.05, 3.63) is 23.8 Å². The van der Waals surface area contributed by atoms with E-state index in [0.29, 0.717) is 32.5 Å². The zero-order valence-electron chi connectivity index (χ0n) is 11.7. The zero-order valence-corrected chi connectivity index (χ0v) is 11.7. The number of hydrogen-bond acceptors (Lipinski definition) is 3. The highest BCUT2D eigenvalue weighted by molar-refractivity contribution is 5.89. The summed E-state index contributed by atoms with van der Waals surface area (Å²) in [6.45, 7) is 1.66. The first-order chi connectivity index (χ1) is 10.1. The molecular weight excluding hydrogens is 272 g/mol. The summed E-state index contributed by atoms with van der Waals surface area (Å²) >= 11 is 0. The quantitative estimate of drug-likeness (QED) is 0.872. The van der Waals surface area contributed by atoms with Gasteiger partial charge in [0.1, 0.15) is 5.75 Å². The van der Waals surface area contributed by atoms with Gasteiger partial charge in [0, 0.05) is 25.2 Å². The third-order valence-electron chi connectivity index (χ3n) is 4.07. The maximum atomic E-state index is 12.2. The average molecular weight is 290 g/mol. The monoisotopic (exact) mass is 290 g/mol. The minimum absolute atomic E-state index is 0.169. The number of amides is 2. The van der Waals surface area contributed by atoms with Gasteiger partial charge in [0.05, 0.1) is 12.5 Å². The topological polar surface area (TPSA) is 78.9 Å². The van der Waals surface area contributed by atoms with Crippen LogP contribution in [0.4, 0.5) is 10.5 Å². The molecule has 2 N–H and O–H groups in total. The van der Waals surface area contributed by atoms with Crippen LogP contribution >= 0.6 is 0 Å². The Bertz CT molecular complexity index is 565. The van der Waals surface area contributed by atoms with Crippen LogP contribution in [0.15, 0.2) is 18.2 Å². The lowest BCUT2D eigenvalue weighted by molar-refractivity contribution is -0.143. The summed E-state index contributed by atoms with van der Waals surface area (Å²) in [5.41, 5.74) is 1.86. The molecule has 1 saturated heterocycles. The SMILES string of the molecule is O=C(O)C1CCN(C(=O)Nc2ccc3c(c2)CCO3)CC1. The molecule has 0 bridgehead atoms. The first-order valence-electron chi connectivity index (χ1n) is 7.18. The van der Waals surface area contributed by atoms with E-state index in [1.54, 1.807) is 4.90 Å².